The third-order valence-corrected chi connectivity index (χ3v) is 10.1. The molecule has 4 nitrogen and oxygen atoms in total. The number of fused-ring (bicyclic) bond motifs is 5. The van der Waals surface area contributed by atoms with E-state index in [1.165, 1.54) is 39.2 Å². The van der Waals surface area contributed by atoms with E-state index in [9.17, 15) is 15.0 Å². The number of carbonyl (C=O) groups excluding carboxylic acids is 1. The Labute approximate surface area is 176 Å². The van der Waals surface area contributed by atoms with Crippen LogP contribution in [-0.2, 0) is 9.53 Å². The zero-order valence-corrected chi connectivity index (χ0v) is 18.7. The van der Waals surface area contributed by atoms with Crippen LogP contribution < -0.4 is 0 Å². The van der Waals surface area contributed by atoms with Crippen molar-refractivity contribution in [1.82, 2.24) is 0 Å². The zero-order chi connectivity index (χ0) is 21.0. The van der Waals surface area contributed by atoms with Gasteiger partial charge in [0.1, 0.15) is 11.9 Å². The molecule has 3 saturated carbocycles. The van der Waals surface area contributed by atoms with Crippen LogP contribution in [0.3, 0.4) is 0 Å². The van der Waals surface area contributed by atoms with E-state index in [1.807, 2.05) is 6.08 Å². The molecule has 29 heavy (non-hydrogen) atoms. The van der Waals surface area contributed by atoms with E-state index in [4.69, 9.17) is 4.74 Å². The van der Waals surface area contributed by atoms with Crippen molar-refractivity contribution in [3.63, 3.8) is 0 Å². The van der Waals surface area contributed by atoms with Crippen LogP contribution in [0.1, 0.15) is 78.6 Å². The van der Waals surface area contributed by atoms with Gasteiger partial charge in [0.15, 0.2) is 0 Å². The van der Waals surface area contributed by atoms with Gasteiger partial charge in [0.2, 0.25) is 0 Å². The molecule has 4 aliphatic carbocycles. The lowest BCUT2D eigenvalue weighted by Gasteiger charge is -2.60. The Morgan fingerprint density at radius 3 is 2.62 bits per heavy atom. The highest BCUT2D eigenvalue weighted by Crippen LogP contribution is 2.68. The molecule has 164 valence electrons. The molecule has 3 fully saturated rings. The molecular weight excluding hydrogens is 364 g/mol. The highest BCUT2D eigenvalue weighted by Gasteiger charge is 2.60. The molecule has 0 heterocycles. The largest absolute Gasteiger partial charge is 0.510 e. The first kappa shape index (κ1) is 21.2. The van der Waals surface area contributed by atoms with Crippen molar-refractivity contribution in [1.29, 1.82) is 0 Å². The zero-order valence-electron chi connectivity index (χ0n) is 18.7. The Morgan fingerprint density at radius 1 is 1.17 bits per heavy atom. The summed E-state index contributed by atoms with van der Waals surface area (Å²) in [4.78, 5) is 11.6. The average molecular weight is 405 g/mol. The lowest BCUT2D eigenvalue weighted by Crippen LogP contribution is -2.54. The van der Waals surface area contributed by atoms with Gasteiger partial charge >= 0.3 is 5.97 Å². The first-order valence-corrected chi connectivity index (χ1v) is 11.9. The first-order chi connectivity index (χ1) is 13.7. The summed E-state index contributed by atoms with van der Waals surface area (Å²) in [5, 5.41) is 20.5. The maximum Gasteiger partial charge on any atom is 0.305 e. The molecular formula is C25H40O4. The lowest BCUT2D eigenvalue weighted by molar-refractivity contribution is -0.141. The molecule has 0 amide bonds. The second-order valence-electron chi connectivity index (χ2n) is 11.2. The molecule has 4 rings (SSSR count). The Morgan fingerprint density at radius 2 is 1.90 bits per heavy atom. The third kappa shape index (κ3) is 3.34. The van der Waals surface area contributed by atoms with E-state index < -0.39 is 6.10 Å². The second-order valence-corrected chi connectivity index (χ2v) is 11.2. The van der Waals surface area contributed by atoms with E-state index in [2.05, 4.69) is 20.8 Å². The predicted molar refractivity (Wildman–Crippen MR) is 113 cm³/mol. The van der Waals surface area contributed by atoms with Crippen LogP contribution in [0.15, 0.2) is 11.8 Å². The van der Waals surface area contributed by atoms with Gasteiger partial charge < -0.3 is 14.9 Å². The van der Waals surface area contributed by atoms with Crippen molar-refractivity contribution < 1.29 is 19.7 Å². The topological polar surface area (TPSA) is 66.8 Å². The molecule has 4 heteroatoms. The van der Waals surface area contributed by atoms with E-state index in [0.29, 0.717) is 41.9 Å². The van der Waals surface area contributed by atoms with Crippen molar-refractivity contribution in [2.45, 2.75) is 84.7 Å². The van der Waals surface area contributed by atoms with Gasteiger partial charge in [0.05, 0.1) is 7.11 Å². The molecule has 0 aliphatic heterocycles. The minimum Gasteiger partial charge on any atom is -0.510 e. The molecule has 9 atom stereocenters. The number of hydrogen-bond acceptors (Lipinski definition) is 4. The monoisotopic (exact) mass is 404 g/mol. The quantitative estimate of drug-likeness (QED) is 0.628. The number of allylic oxidation sites excluding steroid dienone is 1. The van der Waals surface area contributed by atoms with Crippen molar-refractivity contribution in [2.75, 3.05) is 7.11 Å². The maximum absolute atomic E-state index is 11.6. The molecule has 2 unspecified atom stereocenters. The summed E-state index contributed by atoms with van der Waals surface area (Å²) in [5.74, 6) is 3.95. The summed E-state index contributed by atoms with van der Waals surface area (Å²) in [5.41, 5.74) is 0.496. The maximum atomic E-state index is 11.6. The van der Waals surface area contributed by atoms with E-state index >= 15 is 0 Å². The molecule has 0 aromatic rings. The Kier molecular flexibility index (Phi) is 5.55. The van der Waals surface area contributed by atoms with E-state index in [0.717, 1.165) is 24.7 Å². The van der Waals surface area contributed by atoms with Crippen molar-refractivity contribution >= 4 is 5.97 Å². The van der Waals surface area contributed by atoms with Crippen LogP contribution in [0.25, 0.3) is 0 Å². The minimum absolute atomic E-state index is 0.0846. The number of methoxy groups -OCH3 is 1. The van der Waals surface area contributed by atoms with Gasteiger partial charge in [-0.1, -0.05) is 20.8 Å². The van der Waals surface area contributed by atoms with Crippen LogP contribution in [-0.4, -0.2) is 29.4 Å². The van der Waals surface area contributed by atoms with Crippen molar-refractivity contribution in [2.24, 2.45) is 46.3 Å². The Balaban J connectivity index is 1.51. The van der Waals surface area contributed by atoms with Gasteiger partial charge in [-0.25, -0.2) is 0 Å². The molecule has 0 radical (unpaired) electrons. The highest BCUT2D eigenvalue weighted by molar-refractivity contribution is 5.69. The predicted octanol–water partition coefficient (Wildman–Crippen LogP) is 5.26. The summed E-state index contributed by atoms with van der Waals surface area (Å²) < 4.78 is 4.86. The van der Waals surface area contributed by atoms with Gasteiger partial charge in [-0.15, -0.1) is 0 Å². The second kappa shape index (κ2) is 7.59. The molecule has 0 bridgehead atoms. The van der Waals surface area contributed by atoms with Crippen molar-refractivity contribution in [3.8, 4) is 0 Å². The van der Waals surface area contributed by atoms with Crippen LogP contribution in [0.4, 0.5) is 0 Å². The fraction of sp³-hybridized carbons (Fsp3) is 0.880. The number of esters is 1. The number of carbonyl (C=O) groups is 1. The smallest absolute Gasteiger partial charge is 0.305 e. The third-order valence-electron chi connectivity index (χ3n) is 10.1. The number of hydrogen-bond donors (Lipinski definition) is 2. The van der Waals surface area contributed by atoms with Gasteiger partial charge in [-0.3, -0.25) is 4.79 Å². The summed E-state index contributed by atoms with van der Waals surface area (Å²) in [7, 11) is 1.48. The number of rotatable bonds is 4. The summed E-state index contributed by atoms with van der Waals surface area (Å²) in [6, 6.07) is 0. The number of aliphatic hydroxyl groups excluding tert-OH is 2. The van der Waals surface area contributed by atoms with E-state index in [1.54, 1.807) is 0 Å². The van der Waals surface area contributed by atoms with E-state index in [-0.39, 0.29) is 17.1 Å². The SMILES string of the molecule is COC(=O)CC[C@@H](C)[C@H]1CC[C@H]2[C@@H]3CCC4C=C(O)C(O)C[C@]4(C)[C@H]3CC[C@]12C. The number of aliphatic hydroxyl groups is 2. The molecule has 4 aliphatic rings. The molecule has 0 spiro atoms. The molecule has 0 aromatic carbocycles. The van der Waals surface area contributed by atoms with Gasteiger partial charge in [-0.05, 0) is 104 Å². The highest BCUT2D eigenvalue weighted by atomic mass is 16.5. The number of ether oxygens (including phenoxy) is 1. The summed E-state index contributed by atoms with van der Waals surface area (Å²) in [6.45, 7) is 7.27. The summed E-state index contributed by atoms with van der Waals surface area (Å²) >= 11 is 0. The standard InChI is InChI=1S/C25H40O4/c1-15(5-10-23(28)29-4)18-8-9-19-17-7-6-16-13-21(26)22(27)14-25(16,3)20(17)11-12-24(18,19)2/h13,15-20,22,26-27H,5-12,14H2,1-4H3/t15-,16?,17+,18-,19+,20+,22?,24-,25+/m1/s1. The van der Waals surface area contributed by atoms with Crippen molar-refractivity contribution in [3.05, 3.63) is 11.8 Å². The Bertz CT molecular complexity index is 672. The first-order valence-electron chi connectivity index (χ1n) is 11.9. The molecule has 2 N–H and O–H groups in total. The van der Waals surface area contributed by atoms with Gasteiger partial charge in [0.25, 0.3) is 0 Å². The average Bonchev–Trinajstić information content (AvgIpc) is 3.04. The molecule has 0 aromatic heterocycles. The van der Waals surface area contributed by atoms with Crippen LogP contribution in [0.2, 0.25) is 0 Å². The van der Waals surface area contributed by atoms with Gasteiger partial charge in [0, 0.05) is 6.42 Å². The van der Waals surface area contributed by atoms with Crippen LogP contribution in [0, 0.1) is 46.3 Å². The minimum atomic E-state index is -0.682. The molecule has 0 saturated heterocycles. The normalized spacial score (nSPS) is 47.4. The van der Waals surface area contributed by atoms with Gasteiger partial charge in [-0.2, -0.15) is 0 Å². The summed E-state index contributed by atoms with van der Waals surface area (Å²) in [6.07, 6.45) is 11.0. The fourth-order valence-electron chi connectivity index (χ4n) is 8.52. The lowest BCUT2D eigenvalue weighted by atomic mass is 9.45. The van der Waals surface area contributed by atoms with Crippen LogP contribution >= 0.6 is 0 Å². The van der Waals surface area contributed by atoms with Crippen LogP contribution in [0.5, 0.6) is 0 Å². The fourth-order valence-corrected chi connectivity index (χ4v) is 8.52. The Hall–Kier alpha value is -1.03.